The molecule has 1 unspecified atom stereocenters. The lowest BCUT2D eigenvalue weighted by Gasteiger charge is -2.21. The van der Waals surface area contributed by atoms with Crippen molar-refractivity contribution in [2.45, 2.75) is 39.3 Å². The molecule has 2 rings (SSSR count). The zero-order valence-corrected chi connectivity index (χ0v) is 13.3. The van der Waals surface area contributed by atoms with Crippen molar-refractivity contribution in [3.8, 4) is 0 Å². The number of nitrogens with zero attached hydrogens (tertiary/aromatic N) is 1. The van der Waals surface area contributed by atoms with Gasteiger partial charge in [-0.3, -0.25) is 0 Å². The SMILES string of the molecule is CC(C)(C)NCc1ccnc(NCC2CCSC2)c1F. The third-order valence-electron chi connectivity index (χ3n) is 3.36. The largest absolute Gasteiger partial charge is 0.367 e. The predicted octanol–water partition coefficient (Wildman–Crippen LogP) is 3.27. The van der Waals surface area contributed by atoms with Crippen LogP contribution in [0, 0.1) is 11.7 Å². The molecular formula is C15H24FN3S. The number of thioether (sulfide) groups is 1. The lowest BCUT2D eigenvalue weighted by molar-refractivity contribution is 0.418. The Labute approximate surface area is 125 Å². The van der Waals surface area contributed by atoms with Crippen molar-refractivity contribution in [3.63, 3.8) is 0 Å². The van der Waals surface area contributed by atoms with Crippen LogP contribution in [0.1, 0.15) is 32.8 Å². The molecule has 3 nitrogen and oxygen atoms in total. The van der Waals surface area contributed by atoms with E-state index in [1.54, 1.807) is 12.3 Å². The Hall–Kier alpha value is -0.810. The molecular weight excluding hydrogens is 273 g/mol. The average molecular weight is 297 g/mol. The highest BCUT2D eigenvalue weighted by Crippen LogP contribution is 2.24. The van der Waals surface area contributed by atoms with Crippen molar-refractivity contribution in [1.29, 1.82) is 0 Å². The highest BCUT2D eigenvalue weighted by molar-refractivity contribution is 7.99. The van der Waals surface area contributed by atoms with Crippen molar-refractivity contribution >= 4 is 17.6 Å². The van der Waals surface area contributed by atoms with Crippen molar-refractivity contribution < 1.29 is 4.39 Å². The van der Waals surface area contributed by atoms with Crippen LogP contribution >= 0.6 is 11.8 Å². The zero-order valence-electron chi connectivity index (χ0n) is 12.5. The van der Waals surface area contributed by atoms with Gasteiger partial charge >= 0.3 is 0 Å². The van der Waals surface area contributed by atoms with Crippen molar-refractivity contribution in [2.24, 2.45) is 5.92 Å². The maximum Gasteiger partial charge on any atom is 0.169 e. The summed E-state index contributed by atoms with van der Waals surface area (Å²) in [5.41, 5.74) is 0.642. The first-order chi connectivity index (χ1) is 9.46. The third kappa shape index (κ3) is 4.63. The molecule has 1 aliphatic rings. The Morgan fingerprint density at radius 3 is 2.90 bits per heavy atom. The molecule has 2 heterocycles. The summed E-state index contributed by atoms with van der Waals surface area (Å²) in [7, 11) is 0. The van der Waals surface area contributed by atoms with Gasteiger partial charge in [0.05, 0.1) is 0 Å². The Kier molecular flexibility index (Phi) is 5.27. The minimum Gasteiger partial charge on any atom is -0.367 e. The molecule has 1 saturated heterocycles. The highest BCUT2D eigenvalue weighted by atomic mass is 32.2. The summed E-state index contributed by atoms with van der Waals surface area (Å²) in [6, 6.07) is 1.74. The molecule has 2 N–H and O–H groups in total. The molecule has 112 valence electrons. The first-order valence-electron chi connectivity index (χ1n) is 7.16. The second kappa shape index (κ2) is 6.76. The molecule has 0 bridgehead atoms. The molecule has 1 atom stereocenters. The van der Waals surface area contributed by atoms with Gasteiger partial charge in [0.15, 0.2) is 11.6 Å². The Bertz CT molecular complexity index is 439. The van der Waals surface area contributed by atoms with Gasteiger partial charge in [-0.15, -0.1) is 0 Å². The molecule has 0 saturated carbocycles. The first-order valence-corrected chi connectivity index (χ1v) is 8.31. The van der Waals surface area contributed by atoms with Crippen LogP contribution in [0.3, 0.4) is 0 Å². The molecule has 1 aromatic heterocycles. The smallest absolute Gasteiger partial charge is 0.169 e. The van der Waals surface area contributed by atoms with Gasteiger partial charge in [0, 0.05) is 30.4 Å². The number of pyridine rings is 1. The second-order valence-corrected chi connectivity index (χ2v) is 7.50. The predicted molar refractivity (Wildman–Crippen MR) is 84.7 cm³/mol. The number of hydrogen-bond acceptors (Lipinski definition) is 4. The fourth-order valence-electron chi connectivity index (χ4n) is 2.09. The van der Waals surface area contributed by atoms with Crippen molar-refractivity contribution in [1.82, 2.24) is 10.3 Å². The van der Waals surface area contributed by atoms with Gasteiger partial charge in [0.25, 0.3) is 0 Å². The van der Waals surface area contributed by atoms with Crippen LogP contribution in [0.2, 0.25) is 0 Å². The molecule has 1 aromatic rings. The summed E-state index contributed by atoms with van der Waals surface area (Å²) >= 11 is 1.97. The number of anilines is 1. The van der Waals surface area contributed by atoms with Gasteiger partial charge in [-0.1, -0.05) is 0 Å². The molecule has 0 spiro atoms. The molecule has 0 aliphatic carbocycles. The molecule has 0 radical (unpaired) electrons. The lowest BCUT2D eigenvalue weighted by Crippen LogP contribution is -2.35. The van der Waals surface area contributed by atoms with Crippen LogP contribution in [-0.4, -0.2) is 28.6 Å². The van der Waals surface area contributed by atoms with Gasteiger partial charge in [-0.2, -0.15) is 11.8 Å². The van der Waals surface area contributed by atoms with Gasteiger partial charge in [-0.25, -0.2) is 9.37 Å². The fourth-order valence-corrected chi connectivity index (χ4v) is 3.37. The number of aromatic nitrogens is 1. The van der Waals surface area contributed by atoms with Gasteiger partial charge in [0.2, 0.25) is 0 Å². The highest BCUT2D eigenvalue weighted by Gasteiger charge is 2.17. The molecule has 20 heavy (non-hydrogen) atoms. The van der Waals surface area contributed by atoms with E-state index in [0.717, 1.165) is 6.54 Å². The Balaban J connectivity index is 1.95. The molecule has 5 heteroatoms. The second-order valence-electron chi connectivity index (χ2n) is 6.35. The van der Waals surface area contributed by atoms with E-state index in [0.29, 0.717) is 23.8 Å². The standard InChI is InChI=1S/C15H24FN3S/c1-15(2,3)19-9-12-4-6-17-14(13(12)16)18-8-11-5-7-20-10-11/h4,6,11,19H,5,7-10H2,1-3H3,(H,17,18). The van der Waals surface area contributed by atoms with E-state index in [2.05, 4.69) is 36.4 Å². The van der Waals surface area contributed by atoms with E-state index in [1.165, 1.54) is 17.9 Å². The summed E-state index contributed by atoms with van der Waals surface area (Å²) in [5, 5.41) is 6.47. The zero-order chi connectivity index (χ0) is 14.6. The first kappa shape index (κ1) is 15.6. The fraction of sp³-hybridized carbons (Fsp3) is 0.667. The monoisotopic (exact) mass is 297 g/mol. The quantitative estimate of drug-likeness (QED) is 0.874. The van der Waals surface area contributed by atoms with E-state index in [4.69, 9.17) is 0 Å². The van der Waals surface area contributed by atoms with Crippen LogP contribution in [0.5, 0.6) is 0 Å². The van der Waals surface area contributed by atoms with Crippen LogP contribution in [0.4, 0.5) is 10.2 Å². The Morgan fingerprint density at radius 2 is 2.25 bits per heavy atom. The summed E-state index contributed by atoms with van der Waals surface area (Å²) in [5.74, 6) is 3.18. The summed E-state index contributed by atoms with van der Waals surface area (Å²) in [6.45, 7) is 7.55. The summed E-state index contributed by atoms with van der Waals surface area (Å²) in [6.07, 6.45) is 2.89. The Morgan fingerprint density at radius 1 is 1.45 bits per heavy atom. The van der Waals surface area contributed by atoms with E-state index in [9.17, 15) is 4.39 Å². The van der Waals surface area contributed by atoms with Gasteiger partial charge in [-0.05, 0) is 50.7 Å². The molecule has 0 aromatic carbocycles. The molecule has 1 fully saturated rings. The number of rotatable bonds is 5. The number of hydrogen-bond donors (Lipinski definition) is 2. The maximum absolute atomic E-state index is 14.4. The minimum atomic E-state index is -0.227. The van der Waals surface area contributed by atoms with E-state index in [1.807, 2.05) is 11.8 Å². The van der Waals surface area contributed by atoms with E-state index >= 15 is 0 Å². The lowest BCUT2D eigenvalue weighted by atomic mass is 10.1. The van der Waals surface area contributed by atoms with Gasteiger partial charge < -0.3 is 10.6 Å². The average Bonchev–Trinajstić information content (AvgIpc) is 2.88. The minimum absolute atomic E-state index is 0.0234. The van der Waals surface area contributed by atoms with Crippen LogP contribution < -0.4 is 10.6 Å². The van der Waals surface area contributed by atoms with Crippen molar-refractivity contribution in [2.75, 3.05) is 23.4 Å². The normalized spacial score (nSPS) is 19.3. The van der Waals surface area contributed by atoms with Crippen LogP contribution in [-0.2, 0) is 6.54 Å². The van der Waals surface area contributed by atoms with Gasteiger partial charge in [0.1, 0.15) is 0 Å². The maximum atomic E-state index is 14.4. The summed E-state index contributed by atoms with van der Waals surface area (Å²) < 4.78 is 14.4. The summed E-state index contributed by atoms with van der Waals surface area (Å²) in [4.78, 5) is 4.12. The third-order valence-corrected chi connectivity index (χ3v) is 4.59. The topological polar surface area (TPSA) is 37.0 Å². The van der Waals surface area contributed by atoms with Crippen LogP contribution in [0.15, 0.2) is 12.3 Å². The van der Waals surface area contributed by atoms with E-state index < -0.39 is 0 Å². The molecule has 1 aliphatic heterocycles. The van der Waals surface area contributed by atoms with E-state index in [-0.39, 0.29) is 11.4 Å². The number of halogens is 1. The molecule has 0 amide bonds. The van der Waals surface area contributed by atoms with Crippen LogP contribution in [0.25, 0.3) is 0 Å². The number of nitrogens with one attached hydrogen (secondary N) is 2. The van der Waals surface area contributed by atoms with Crippen molar-refractivity contribution in [3.05, 3.63) is 23.6 Å².